The first-order valence-corrected chi connectivity index (χ1v) is 10.0. The maximum atomic E-state index is 14.1. The molecule has 7 nitrogen and oxygen atoms in total. The molecule has 30 heavy (non-hydrogen) atoms. The highest BCUT2D eigenvalue weighted by Crippen LogP contribution is 2.32. The predicted octanol–water partition coefficient (Wildman–Crippen LogP) is 3.06. The third kappa shape index (κ3) is 3.53. The average molecular weight is 411 g/mol. The van der Waals surface area contributed by atoms with Crippen LogP contribution in [0.1, 0.15) is 6.92 Å². The van der Waals surface area contributed by atoms with E-state index in [1.165, 1.54) is 13.2 Å². The van der Waals surface area contributed by atoms with E-state index < -0.39 is 5.82 Å². The van der Waals surface area contributed by atoms with Gasteiger partial charge in [-0.05, 0) is 31.2 Å². The maximum absolute atomic E-state index is 14.1. The summed E-state index contributed by atoms with van der Waals surface area (Å²) in [5, 5.41) is 0.743. The number of carbonyl (C=O) groups is 1. The third-order valence-electron chi connectivity index (χ3n) is 5.72. The smallest absolute Gasteiger partial charge is 0.165 e. The normalized spacial score (nSPS) is 16.7. The van der Waals surface area contributed by atoms with Crippen LogP contribution >= 0.6 is 0 Å². The SMILES string of the molecule is CCN(C)c1cccnc1N1CCN(c2cc3cc(F)c(OC)cc3[nH]2)C(C=O)C1. The minimum Gasteiger partial charge on any atom is -0.494 e. The van der Waals surface area contributed by atoms with Gasteiger partial charge in [0.2, 0.25) is 0 Å². The molecule has 4 rings (SSSR count). The van der Waals surface area contributed by atoms with Crippen molar-refractivity contribution in [3.63, 3.8) is 0 Å². The van der Waals surface area contributed by atoms with E-state index >= 15 is 0 Å². The highest BCUT2D eigenvalue weighted by Gasteiger charge is 2.30. The minimum atomic E-state index is -0.407. The molecular weight excluding hydrogens is 385 g/mol. The van der Waals surface area contributed by atoms with Crippen LogP contribution in [0.4, 0.5) is 21.7 Å². The molecule has 1 aromatic carbocycles. The second-order valence-electron chi connectivity index (χ2n) is 7.43. The number of piperazine rings is 1. The molecule has 3 heterocycles. The number of hydrogen-bond acceptors (Lipinski definition) is 6. The molecule has 158 valence electrons. The second-order valence-corrected chi connectivity index (χ2v) is 7.43. The van der Waals surface area contributed by atoms with Crippen LogP contribution in [-0.2, 0) is 4.79 Å². The lowest BCUT2D eigenvalue weighted by atomic mass is 10.1. The number of nitrogens with zero attached hydrogens (tertiary/aromatic N) is 4. The fourth-order valence-corrected chi connectivity index (χ4v) is 3.95. The first-order valence-electron chi connectivity index (χ1n) is 10.0. The fraction of sp³-hybridized carbons (Fsp3) is 0.364. The van der Waals surface area contributed by atoms with Gasteiger partial charge in [-0.1, -0.05) is 0 Å². The quantitative estimate of drug-likeness (QED) is 0.629. The summed E-state index contributed by atoms with van der Waals surface area (Å²) >= 11 is 0. The molecule has 1 unspecified atom stereocenters. The summed E-state index contributed by atoms with van der Waals surface area (Å²) in [5.41, 5.74) is 1.82. The van der Waals surface area contributed by atoms with Gasteiger partial charge < -0.3 is 29.2 Å². The Morgan fingerprint density at radius 2 is 2.20 bits per heavy atom. The van der Waals surface area contributed by atoms with E-state index in [1.807, 2.05) is 30.1 Å². The van der Waals surface area contributed by atoms with Crippen molar-refractivity contribution in [2.45, 2.75) is 13.0 Å². The average Bonchev–Trinajstić information content (AvgIpc) is 3.19. The molecule has 1 aliphatic heterocycles. The van der Waals surface area contributed by atoms with E-state index in [-0.39, 0.29) is 11.8 Å². The molecule has 1 aliphatic rings. The van der Waals surface area contributed by atoms with Crippen LogP contribution < -0.4 is 19.4 Å². The molecular formula is C22H26FN5O2. The lowest BCUT2D eigenvalue weighted by Crippen LogP contribution is -2.54. The Hall–Kier alpha value is -3.29. The third-order valence-corrected chi connectivity index (χ3v) is 5.72. The molecule has 2 aromatic heterocycles. The van der Waals surface area contributed by atoms with E-state index in [1.54, 1.807) is 12.3 Å². The Kier molecular flexibility index (Phi) is 5.48. The highest BCUT2D eigenvalue weighted by molar-refractivity contribution is 5.86. The summed E-state index contributed by atoms with van der Waals surface area (Å²) in [7, 11) is 3.48. The van der Waals surface area contributed by atoms with Crippen LogP contribution in [0.5, 0.6) is 5.75 Å². The van der Waals surface area contributed by atoms with E-state index in [0.29, 0.717) is 13.1 Å². The first-order chi connectivity index (χ1) is 14.5. The van der Waals surface area contributed by atoms with Gasteiger partial charge in [-0.15, -0.1) is 0 Å². The molecule has 0 spiro atoms. The van der Waals surface area contributed by atoms with Crippen molar-refractivity contribution < 1.29 is 13.9 Å². The van der Waals surface area contributed by atoms with Gasteiger partial charge in [0.1, 0.15) is 18.1 Å². The topological polar surface area (TPSA) is 64.7 Å². The molecule has 0 bridgehead atoms. The van der Waals surface area contributed by atoms with Gasteiger partial charge in [0.15, 0.2) is 17.4 Å². The van der Waals surface area contributed by atoms with Crippen LogP contribution in [0.2, 0.25) is 0 Å². The zero-order valence-electron chi connectivity index (χ0n) is 17.4. The highest BCUT2D eigenvalue weighted by atomic mass is 19.1. The van der Waals surface area contributed by atoms with Crippen molar-refractivity contribution in [3.05, 3.63) is 42.3 Å². The van der Waals surface area contributed by atoms with Gasteiger partial charge in [-0.25, -0.2) is 9.37 Å². The van der Waals surface area contributed by atoms with Crippen LogP contribution in [0.3, 0.4) is 0 Å². The molecule has 1 atom stereocenters. The molecule has 1 fully saturated rings. The zero-order chi connectivity index (χ0) is 21.3. The largest absolute Gasteiger partial charge is 0.494 e. The number of rotatable bonds is 6. The van der Waals surface area contributed by atoms with Crippen LogP contribution in [0, 0.1) is 5.82 Å². The molecule has 1 N–H and O–H groups in total. The van der Waals surface area contributed by atoms with Gasteiger partial charge in [0, 0.05) is 50.9 Å². The van der Waals surface area contributed by atoms with Crippen LogP contribution in [-0.4, -0.2) is 62.6 Å². The zero-order valence-corrected chi connectivity index (χ0v) is 17.4. The molecule has 0 amide bonds. The number of fused-ring (bicyclic) bond motifs is 1. The molecule has 0 radical (unpaired) electrons. The standard InChI is InChI=1S/C22H26FN5O2/c1-4-26(2)19-6-5-7-24-22(19)27-8-9-28(16(13-27)14-29)21-11-15-10-17(23)20(30-3)12-18(15)25-21/h5-7,10-12,14,16,25H,4,8-9,13H2,1-3H3. The Morgan fingerprint density at radius 3 is 2.93 bits per heavy atom. The summed E-state index contributed by atoms with van der Waals surface area (Å²) in [6.07, 6.45) is 2.75. The fourth-order valence-electron chi connectivity index (χ4n) is 3.95. The number of aldehydes is 1. The lowest BCUT2D eigenvalue weighted by molar-refractivity contribution is -0.109. The van der Waals surface area contributed by atoms with Gasteiger partial charge in [0.05, 0.1) is 18.3 Å². The molecule has 8 heteroatoms. The molecule has 3 aromatic rings. The Morgan fingerprint density at radius 1 is 1.37 bits per heavy atom. The summed E-state index contributed by atoms with van der Waals surface area (Å²) in [6, 6.07) is 8.59. The van der Waals surface area contributed by atoms with Crippen molar-refractivity contribution in [3.8, 4) is 5.75 Å². The minimum absolute atomic E-state index is 0.190. The monoisotopic (exact) mass is 411 g/mol. The van der Waals surface area contributed by atoms with E-state index in [0.717, 1.165) is 47.6 Å². The number of carbonyl (C=O) groups excluding carboxylic acids is 1. The van der Waals surface area contributed by atoms with Gasteiger partial charge >= 0.3 is 0 Å². The number of aromatic nitrogens is 2. The summed E-state index contributed by atoms with van der Waals surface area (Å²) < 4.78 is 19.1. The number of ether oxygens (including phenoxy) is 1. The molecule has 0 aliphatic carbocycles. The Balaban J connectivity index is 1.61. The second kappa shape index (κ2) is 8.22. The predicted molar refractivity (Wildman–Crippen MR) is 117 cm³/mol. The van der Waals surface area contributed by atoms with Crippen molar-refractivity contribution in [1.29, 1.82) is 0 Å². The Bertz CT molecular complexity index is 1050. The molecule has 0 saturated carbocycles. The summed E-state index contributed by atoms with van der Waals surface area (Å²) in [5.74, 6) is 1.46. The number of H-pyrrole nitrogens is 1. The van der Waals surface area contributed by atoms with Gasteiger partial charge in [-0.3, -0.25) is 0 Å². The van der Waals surface area contributed by atoms with Crippen molar-refractivity contribution in [2.75, 3.05) is 55.0 Å². The van der Waals surface area contributed by atoms with E-state index in [4.69, 9.17) is 4.74 Å². The molecule has 1 saturated heterocycles. The van der Waals surface area contributed by atoms with Crippen molar-refractivity contribution in [1.82, 2.24) is 9.97 Å². The number of hydrogen-bond donors (Lipinski definition) is 1. The number of benzene rings is 1. The van der Waals surface area contributed by atoms with Crippen LogP contribution in [0.25, 0.3) is 10.9 Å². The van der Waals surface area contributed by atoms with Crippen LogP contribution in [0.15, 0.2) is 36.5 Å². The number of aromatic amines is 1. The number of halogens is 1. The number of pyridine rings is 1. The number of methoxy groups -OCH3 is 1. The summed E-state index contributed by atoms with van der Waals surface area (Å²) in [6.45, 7) is 4.85. The van der Waals surface area contributed by atoms with Gasteiger partial charge in [0.25, 0.3) is 0 Å². The maximum Gasteiger partial charge on any atom is 0.165 e. The van der Waals surface area contributed by atoms with Gasteiger partial charge in [-0.2, -0.15) is 0 Å². The first kappa shape index (κ1) is 20.0. The lowest BCUT2D eigenvalue weighted by Gasteiger charge is -2.41. The summed E-state index contributed by atoms with van der Waals surface area (Å²) in [4.78, 5) is 26.2. The number of anilines is 3. The van der Waals surface area contributed by atoms with Crippen molar-refractivity contribution in [2.24, 2.45) is 0 Å². The van der Waals surface area contributed by atoms with E-state index in [2.05, 4.69) is 26.7 Å². The Labute approximate surface area is 175 Å². The van der Waals surface area contributed by atoms with Crippen molar-refractivity contribution >= 4 is 34.5 Å². The van der Waals surface area contributed by atoms with E-state index in [9.17, 15) is 9.18 Å². The number of nitrogens with one attached hydrogen (secondary N) is 1.